The molecule has 2 nitrogen and oxygen atoms in total. The maximum Gasteiger partial charge on any atom is 0.0994 e. The molecule has 2 atom stereocenters. The van der Waals surface area contributed by atoms with E-state index in [0.717, 1.165) is 24.6 Å². The Hall–Kier alpha value is -1.33. The fourth-order valence-electron chi connectivity index (χ4n) is 2.94. The third-order valence-corrected chi connectivity index (χ3v) is 3.93. The average Bonchev–Trinajstić information content (AvgIpc) is 2.45. The van der Waals surface area contributed by atoms with Crippen LogP contribution in [-0.4, -0.2) is 13.1 Å². The van der Waals surface area contributed by atoms with Gasteiger partial charge in [-0.1, -0.05) is 38.0 Å². The number of unbranched alkanes of at least 4 members (excludes halogenated alkanes) is 1. The molecule has 0 amide bonds. The minimum absolute atomic E-state index is 0.511. The summed E-state index contributed by atoms with van der Waals surface area (Å²) in [5.41, 5.74) is 2.08. The van der Waals surface area contributed by atoms with Crippen LogP contribution in [0.15, 0.2) is 24.3 Å². The van der Waals surface area contributed by atoms with E-state index in [-0.39, 0.29) is 0 Å². The molecule has 96 valence electrons. The smallest absolute Gasteiger partial charge is 0.0994 e. The molecule has 1 aromatic rings. The Morgan fingerprint density at radius 3 is 2.94 bits per heavy atom. The monoisotopic (exact) mass is 242 g/mol. The van der Waals surface area contributed by atoms with E-state index in [4.69, 9.17) is 0 Å². The third-order valence-electron chi connectivity index (χ3n) is 3.93. The maximum atomic E-state index is 9.19. The number of nitrogens with zero attached hydrogens (tertiary/aromatic N) is 1. The standard InChI is InChI=1S/C16H22N2/c1-2-3-6-13-9-15(12-18-11-13)16-8-5-4-7-14(16)10-17/h4-5,7-8,13,15,18H,2-3,6,9,11-12H2,1H3. The molecule has 0 saturated carbocycles. The zero-order valence-corrected chi connectivity index (χ0v) is 11.2. The zero-order valence-electron chi connectivity index (χ0n) is 11.2. The summed E-state index contributed by atoms with van der Waals surface area (Å²) in [6, 6.07) is 10.4. The second-order valence-corrected chi connectivity index (χ2v) is 5.30. The van der Waals surface area contributed by atoms with Gasteiger partial charge >= 0.3 is 0 Å². The van der Waals surface area contributed by atoms with Crippen LogP contribution < -0.4 is 5.32 Å². The van der Waals surface area contributed by atoms with Crippen LogP contribution in [0, 0.1) is 17.2 Å². The van der Waals surface area contributed by atoms with E-state index < -0.39 is 0 Å². The fourth-order valence-corrected chi connectivity index (χ4v) is 2.94. The highest BCUT2D eigenvalue weighted by Crippen LogP contribution is 2.30. The second kappa shape index (κ2) is 6.56. The Morgan fingerprint density at radius 2 is 2.17 bits per heavy atom. The van der Waals surface area contributed by atoms with Crippen molar-refractivity contribution >= 4 is 0 Å². The second-order valence-electron chi connectivity index (χ2n) is 5.30. The van der Waals surface area contributed by atoms with Crippen LogP contribution in [-0.2, 0) is 0 Å². The first-order valence-corrected chi connectivity index (χ1v) is 7.05. The molecule has 1 fully saturated rings. The molecule has 1 heterocycles. The van der Waals surface area contributed by atoms with Crippen LogP contribution >= 0.6 is 0 Å². The molecule has 0 aromatic heterocycles. The molecule has 18 heavy (non-hydrogen) atoms. The largest absolute Gasteiger partial charge is 0.316 e. The maximum absolute atomic E-state index is 9.19. The van der Waals surface area contributed by atoms with Crippen molar-refractivity contribution in [3.8, 4) is 6.07 Å². The summed E-state index contributed by atoms with van der Waals surface area (Å²) in [6.45, 7) is 4.41. The van der Waals surface area contributed by atoms with Crippen LogP contribution in [0.3, 0.4) is 0 Å². The Labute approximate surface area is 110 Å². The normalized spacial score (nSPS) is 23.6. The highest BCUT2D eigenvalue weighted by atomic mass is 14.9. The van der Waals surface area contributed by atoms with Gasteiger partial charge in [0.25, 0.3) is 0 Å². The van der Waals surface area contributed by atoms with Gasteiger partial charge in [-0.05, 0) is 42.9 Å². The molecule has 1 aliphatic heterocycles. The Bertz CT molecular complexity index is 419. The highest BCUT2D eigenvalue weighted by molar-refractivity contribution is 5.40. The molecule has 0 spiro atoms. The number of benzene rings is 1. The van der Waals surface area contributed by atoms with Crippen molar-refractivity contribution in [3.05, 3.63) is 35.4 Å². The quantitative estimate of drug-likeness (QED) is 0.878. The molecule has 2 rings (SSSR count). The molecule has 0 radical (unpaired) electrons. The van der Waals surface area contributed by atoms with Gasteiger partial charge in [0, 0.05) is 6.54 Å². The van der Waals surface area contributed by atoms with Gasteiger partial charge in [-0.25, -0.2) is 0 Å². The Morgan fingerprint density at radius 1 is 1.33 bits per heavy atom. The van der Waals surface area contributed by atoms with Crippen molar-refractivity contribution in [1.82, 2.24) is 5.32 Å². The highest BCUT2D eigenvalue weighted by Gasteiger charge is 2.23. The predicted octanol–water partition coefficient (Wildman–Crippen LogP) is 3.44. The summed E-state index contributed by atoms with van der Waals surface area (Å²) in [5, 5.41) is 12.7. The van der Waals surface area contributed by atoms with Crippen LogP contribution in [0.1, 0.15) is 49.7 Å². The van der Waals surface area contributed by atoms with Gasteiger partial charge in [-0.2, -0.15) is 5.26 Å². The number of nitriles is 1. The molecule has 1 aromatic carbocycles. The predicted molar refractivity (Wildman–Crippen MR) is 74.4 cm³/mol. The van der Waals surface area contributed by atoms with Crippen LogP contribution in [0.2, 0.25) is 0 Å². The summed E-state index contributed by atoms with van der Waals surface area (Å²) in [7, 11) is 0. The molecule has 0 bridgehead atoms. The minimum Gasteiger partial charge on any atom is -0.316 e. The lowest BCUT2D eigenvalue weighted by Crippen LogP contribution is -2.35. The van der Waals surface area contributed by atoms with Crippen molar-refractivity contribution in [2.45, 2.75) is 38.5 Å². The van der Waals surface area contributed by atoms with Crippen molar-refractivity contribution in [2.75, 3.05) is 13.1 Å². The van der Waals surface area contributed by atoms with Gasteiger partial charge in [0.15, 0.2) is 0 Å². The first-order chi connectivity index (χ1) is 8.85. The lowest BCUT2D eigenvalue weighted by atomic mass is 9.82. The van der Waals surface area contributed by atoms with Crippen molar-refractivity contribution < 1.29 is 0 Å². The topological polar surface area (TPSA) is 35.8 Å². The van der Waals surface area contributed by atoms with Crippen molar-refractivity contribution in [1.29, 1.82) is 5.26 Å². The lowest BCUT2D eigenvalue weighted by Gasteiger charge is -2.30. The molecule has 1 aliphatic rings. The first-order valence-electron chi connectivity index (χ1n) is 7.05. The number of rotatable bonds is 4. The summed E-state index contributed by atoms with van der Waals surface area (Å²) >= 11 is 0. The molecule has 1 saturated heterocycles. The third kappa shape index (κ3) is 3.11. The van der Waals surface area contributed by atoms with Crippen LogP contribution in [0.25, 0.3) is 0 Å². The summed E-state index contributed by atoms with van der Waals surface area (Å²) in [6.07, 6.45) is 5.13. The molecule has 2 heteroatoms. The summed E-state index contributed by atoms with van der Waals surface area (Å²) < 4.78 is 0. The fraction of sp³-hybridized carbons (Fsp3) is 0.562. The molecular weight excluding hydrogens is 220 g/mol. The van der Waals surface area contributed by atoms with Gasteiger partial charge in [-0.3, -0.25) is 0 Å². The average molecular weight is 242 g/mol. The van der Waals surface area contributed by atoms with E-state index >= 15 is 0 Å². The van der Waals surface area contributed by atoms with Gasteiger partial charge in [-0.15, -0.1) is 0 Å². The van der Waals surface area contributed by atoms with E-state index in [1.807, 2.05) is 18.2 Å². The number of hydrogen-bond donors (Lipinski definition) is 1. The van der Waals surface area contributed by atoms with Crippen LogP contribution in [0.4, 0.5) is 0 Å². The molecule has 0 aliphatic carbocycles. The van der Waals surface area contributed by atoms with E-state index in [2.05, 4.69) is 24.4 Å². The van der Waals surface area contributed by atoms with Crippen molar-refractivity contribution in [3.63, 3.8) is 0 Å². The first kappa shape index (κ1) is 13.1. The van der Waals surface area contributed by atoms with E-state index in [9.17, 15) is 5.26 Å². The van der Waals surface area contributed by atoms with Crippen LogP contribution in [0.5, 0.6) is 0 Å². The van der Waals surface area contributed by atoms with Gasteiger partial charge in [0.1, 0.15) is 0 Å². The SMILES string of the molecule is CCCCC1CNCC(c2ccccc2C#N)C1. The number of hydrogen-bond acceptors (Lipinski definition) is 2. The van der Waals surface area contributed by atoms with E-state index in [1.165, 1.54) is 31.2 Å². The van der Waals surface area contributed by atoms with Gasteiger partial charge in [0.2, 0.25) is 0 Å². The molecule has 1 N–H and O–H groups in total. The van der Waals surface area contributed by atoms with E-state index in [0.29, 0.717) is 5.92 Å². The van der Waals surface area contributed by atoms with Crippen molar-refractivity contribution in [2.24, 2.45) is 5.92 Å². The zero-order chi connectivity index (χ0) is 12.8. The Balaban J connectivity index is 2.06. The minimum atomic E-state index is 0.511. The van der Waals surface area contributed by atoms with Gasteiger partial charge in [0.05, 0.1) is 11.6 Å². The summed E-state index contributed by atoms with van der Waals surface area (Å²) in [5.74, 6) is 1.28. The number of piperidine rings is 1. The summed E-state index contributed by atoms with van der Waals surface area (Å²) in [4.78, 5) is 0. The number of nitrogens with one attached hydrogen (secondary N) is 1. The lowest BCUT2D eigenvalue weighted by molar-refractivity contribution is 0.318. The Kier molecular flexibility index (Phi) is 4.78. The molecule has 2 unspecified atom stereocenters. The molecular formula is C16H22N2. The van der Waals surface area contributed by atoms with E-state index in [1.54, 1.807) is 0 Å². The van der Waals surface area contributed by atoms with Gasteiger partial charge < -0.3 is 5.32 Å².